The van der Waals surface area contributed by atoms with E-state index in [4.69, 9.17) is 0 Å². The number of rotatable bonds is 9. The molecule has 0 fully saturated rings. The first-order chi connectivity index (χ1) is 14.8. The van der Waals surface area contributed by atoms with Crippen LogP contribution in [-0.2, 0) is 19.3 Å². The molecule has 0 aromatic heterocycles. The van der Waals surface area contributed by atoms with Gasteiger partial charge >= 0.3 is 0 Å². The molecule has 1 aliphatic carbocycles. The Labute approximate surface area is 184 Å². The summed E-state index contributed by atoms with van der Waals surface area (Å²) in [5, 5.41) is 3.32. The van der Waals surface area contributed by atoms with Crippen molar-refractivity contribution in [3.05, 3.63) is 124 Å². The second-order valence-electron chi connectivity index (χ2n) is 8.44. The van der Waals surface area contributed by atoms with E-state index >= 15 is 0 Å². The van der Waals surface area contributed by atoms with Crippen LogP contribution in [0.15, 0.2) is 102 Å². The van der Waals surface area contributed by atoms with E-state index in [1.54, 1.807) is 16.0 Å². The summed E-state index contributed by atoms with van der Waals surface area (Å²) in [7, 11) is -0.445. The van der Waals surface area contributed by atoms with Crippen molar-refractivity contribution in [3.8, 4) is 0 Å². The largest absolute Gasteiger partial charge is 0.0835 e. The quantitative estimate of drug-likeness (QED) is 0.388. The normalized spacial score (nSPS) is 13.6. The molecule has 4 rings (SSSR count). The Morgan fingerprint density at radius 2 is 1.43 bits per heavy atom. The maximum Gasteiger partial charge on any atom is 0.0835 e. The molecule has 0 aliphatic heterocycles. The van der Waals surface area contributed by atoms with Crippen molar-refractivity contribution in [1.29, 1.82) is 0 Å². The molecule has 3 aromatic rings. The van der Waals surface area contributed by atoms with Crippen molar-refractivity contribution in [3.63, 3.8) is 0 Å². The summed E-state index contributed by atoms with van der Waals surface area (Å²) in [5.74, 6) is 0. The van der Waals surface area contributed by atoms with Gasteiger partial charge in [-0.25, -0.2) is 0 Å². The van der Waals surface area contributed by atoms with Crippen molar-refractivity contribution < 1.29 is 0 Å². The van der Waals surface area contributed by atoms with Crippen LogP contribution >= 0.6 is 0 Å². The summed E-state index contributed by atoms with van der Waals surface area (Å²) in [6, 6.07) is 29.4. The van der Waals surface area contributed by atoms with Crippen LogP contribution in [0.5, 0.6) is 0 Å². The Kier molecular flexibility index (Phi) is 7.15. The summed E-state index contributed by atoms with van der Waals surface area (Å²) < 4.78 is 0. The fourth-order valence-electron chi connectivity index (χ4n) is 4.33. The van der Waals surface area contributed by atoms with Gasteiger partial charge in [-0.15, -0.1) is 0 Å². The minimum Gasteiger partial charge on any atom is -0.0806 e. The second kappa shape index (κ2) is 10.4. The molecule has 0 heterocycles. The Bertz CT molecular complexity index is 1010. The Morgan fingerprint density at radius 1 is 0.733 bits per heavy atom. The van der Waals surface area contributed by atoms with Gasteiger partial charge in [-0.3, -0.25) is 0 Å². The van der Waals surface area contributed by atoms with E-state index in [9.17, 15) is 0 Å². The predicted molar refractivity (Wildman–Crippen MR) is 133 cm³/mol. The van der Waals surface area contributed by atoms with Crippen molar-refractivity contribution >= 4 is 14.7 Å². The second-order valence-corrected chi connectivity index (χ2v) is 10.4. The van der Waals surface area contributed by atoms with Gasteiger partial charge in [0.1, 0.15) is 0 Å². The minimum atomic E-state index is -0.445. The SMILES string of the molecule is CCCCc1ccc(Cc2ccccc2[SiH2]C2=C(Cc3ccccc3)C=CC2)cc1. The average Bonchev–Trinajstić information content (AvgIpc) is 3.22. The number of hydrogen-bond acceptors (Lipinski definition) is 0. The van der Waals surface area contributed by atoms with Gasteiger partial charge in [0.05, 0.1) is 9.52 Å². The third-order valence-corrected chi connectivity index (χ3v) is 8.37. The summed E-state index contributed by atoms with van der Waals surface area (Å²) in [6.45, 7) is 2.26. The van der Waals surface area contributed by atoms with Crippen LogP contribution in [0.2, 0.25) is 0 Å². The molecule has 0 amide bonds. The number of hydrogen-bond donors (Lipinski definition) is 0. The topological polar surface area (TPSA) is 0 Å². The average molecular weight is 409 g/mol. The molecule has 0 unspecified atom stereocenters. The Hall–Kier alpha value is -2.64. The minimum absolute atomic E-state index is 0.445. The van der Waals surface area contributed by atoms with Crippen LogP contribution in [0, 0.1) is 0 Å². The lowest BCUT2D eigenvalue weighted by molar-refractivity contribution is 0.795. The number of unbranched alkanes of at least 4 members (excludes halogenated alkanes) is 1. The summed E-state index contributed by atoms with van der Waals surface area (Å²) in [5.41, 5.74) is 7.39. The molecule has 0 bridgehead atoms. The molecule has 0 radical (unpaired) electrons. The lowest BCUT2D eigenvalue weighted by Gasteiger charge is -2.13. The van der Waals surface area contributed by atoms with Gasteiger partial charge in [0, 0.05) is 0 Å². The highest BCUT2D eigenvalue weighted by Crippen LogP contribution is 2.22. The molecule has 0 saturated heterocycles. The highest BCUT2D eigenvalue weighted by molar-refractivity contribution is 6.62. The fraction of sp³-hybridized carbons (Fsp3) is 0.241. The molecule has 1 aliphatic rings. The van der Waals surface area contributed by atoms with Crippen molar-refractivity contribution in [2.24, 2.45) is 0 Å². The molecule has 0 atom stereocenters. The monoisotopic (exact) mass is 408 g/mol. The molecular weight excluding hydrogens is 376 g/mol. The zero-order valence-electron chi connectivity index (χ0n) is 18.1. The van der Waals surface area contributed by atoms with Crippen LogP contribution in [0.3, 0.4) is 0 Å². The maximum atomic E-state index is 2.38. The van der Waals surface area contributed by atoms with E-state index in [1.807, 2.05) is 0 Å². The van der Waals surface area contributed by atoms with Gasteiger partial charge < -0.3 is 0 Å². The highest BCUT2D eigenvalue weighted by atomic mass is 28.2. The molecular formula is C29H32Si. The third-order valence-electron chi connectivity index (χ3n) is 6.13. The van der Waals surface area contributed by atoms with E-state index in [2.05, 4.69) is 97.9 Å². The standard InChI is InChI=1S/C29H32Si/c1-2-3-10-23-17-19-25(20-18-23)22-26-13-7-8-15-28(26)30-29-16-9-14-27(29)21-24-11-5-4-6-12-24/h4-9,11-15,17-20H,2-3,10,16,21-22,30H2,1H3. The van der Waals surface area contributed by atoms with Crippen molar-refractivity contribution in [2.75, 3.05) is 0 Å². The van der Waals surface area contributed by atoms with E-state index in [-0.39, 0.29) is 0 Å². The van der Waals surface area contributed by atoms with Crippen LogP contribution in [-0.4, -0.2) is 9.52 Å². The number of allylic oxidation sites excluding steroid dienone is 4. The molecule has 1 heteroatoms. The van der Waals surface area contributed by atoms with Crippen LogP contribution in [0.25, 0.3) is 0 Å². The van der Waals surface area contributed by atoms with Crippen LogP contribution in [0.4, 0.5) is 0 Å². The van der Waals surface area contributed by atoms with Crippen molar-refractivity contribution in [1.82, 2.24) is 0 Å². The molecule has 152 valence electrons. The summed E-state index contributed by atoms with van der Waals surface area (Å²) in [4.78, 5) is 0. The lowest BCUT2D eigenvalue weighted by Crippen LogP contribution is -2.22. The van der Waals surface area contributed by atoms with Crippen molar-refractivity contribution in [2.45, 2.75) is 45.4 Å². The first-order valence-electron chi connectivity index (χ1n) is 11.4. The molecule has 0 N–H and O–H groups in total. The molecule has 0 saturated carbocycles. The molecule has 30 heavy (non-hydrogen) atoms. The molecule has 0 nitrogen and oxygen atoms in total. The third kappa shape index (κ3) is 5.49. The van der Waals surface area contributed by atoms with Gasteiger partial charge in [-0.1, -0.05) is 115 Å². The van der Waals surface area contributed by atoms with E-state index < -0.39 is 9.52 Å². The van der Waals surface area contributed by atoms with Gasteiger partial charge in [0.15, 0.2) is 0 Å². The van der Waals surface area contributed by atoms with Gasteiger partial charge in [-0.05, 0) is 59.9 Å². The van der Waals surface area contributed by atoms with Gasteiger partial charge in [0.25, 0.3) is 0 Å². The first kappa shape index (κ1) is 20.6. The van der Waals surface area contributed by atoms with Crippen LogP contribution in [0.1, 0.15) is 48.4 Å². The van der Waals surface area contributed by atoms with E-state index in [0.29, 0.717) is 0 Å². The smallest absolute Gasteiger partial charge is 0.0806 e. The zero-order valence-corrected chi connectivity index (χ0v) is 19.5. The first-order valence-corrected chi connectivity index (χ1v) is 12.8. The van der Waals surface area contributed by atoms with E-state index in [0.717, 1.165) is 19.3 Å². The predicted octanol–water partition coefficient (Wildman–Crippen LogP) is 5.87. The summed E-state index contributed by atoms with van der Waals surface area (Å²) >= 11 is 0. The zero-order chi connectivity index (χ0) is 20.6. The molecule has 0 spiro atoms. The number of aryl methyl sites for hydroxylation is 1. The van der Waals surface area contributed by atoms with E-state index in [1.165, 1.54) is 41.5 Å². The van der Waals surface area contributed by atoms with Gasteiger partial charge in [-0.2, -0.15) is 0 Å². The number of benzene rings is 3. The van der Waals surface area contributed by atoms with Crippen LogP contribution < -0.4 is 5.19 Å². The Balaban J connectivity index is 1.48. The fourth-order valence-corrected chi connectivity index (χ4v) is 6.30. The maximum absolute atomic E-state index is 2.38. The molecule has 3 aromatic carbocycles. The summed E-state index contributed by atoms with van der Waals surface area (Å²) in [6.07, 6.45) is 11.7. The van der Waals surface area contributed by atoms with Gasteiger partial charge in [0.2, 0.25) is 0 Å². The Morgan fingerprint density at radius 3 is 2.23 bits per heavy atom. The lowest BCUT2D eigenvalue weighted by atomic mass is 10.0. The highest BCUT2D eigenvalue weighted by Gasteiger charge is 2.13.